The van der Waals surface area contributed by atoms with E-state index in [9.17, 15) is 8.42 Å². The van der Waals surface area contributed by atoms with Gasteiger partial charge in [0.1, 0.15) is 48.1 Å². The summed E-state index contributed by atoms with van der Waals surface area (Å²) in [6.07, 6.45) is 4.94. The van der Waals surface area contributed by atoms with Crippen LogP contribution in [0.1, 0.15) is 79.7 Å². The summed E-state index contributed by atoms with van der Waals surface area (Å²) in [6, 6.07) is 6.31. The first-order valence-corrected chi connectivity index (χ1v) is 23.3. The normalized spacial score (nSPS) is 16.1. The minimum Gasteiger partial charge on any atom is -0.468 e. The van der Waals surface area contributed by atoms with Gasteiger partial charge in [0.15, 0.2) is 12.6 Å². The molecule has 2 aliphatic heterocycles. The second-order valence-corrected chi connectivity index (χ2v) is 23.5. The van der Waals surface area contributed by atoms with Gasteiger partial charge in [0.25, 0.3) is 0 Å². The molecule has 2 aliphatic rings. The number of halogens is 2. The van der Waals surface area contributed by atoms with Crippen LogP contribution in [0.15, 0.2) is 35.6 Å². The molecule has 0 bridgehead atoms. The zero-order valence-electron chi connectivity index (χ0n) is 33.3. The topological polar surface area (TPSA) is 125 Å². The lowest BCUT2D eigenvalue weighted by molar-refractivity contribution is 0.0512. The molecule has 1 fully saturated rings. The van der Waals surface area contributed by atoms with Crippen LogP contribution in [0.5, 0.6) is 5.75 Å². The number of nitrogens with zero attached hydrogens (tertiary/aromatic N) is 7. The first-order chi connectivity index (χ1) is 26.7. The molecule has 3 aromatic heterocycles. The van der Waals surface area contributed by atoms with Crippen molar-refractivity contribution in [3.8, 4) is 39.9 Å². The lowest BCUT2D eigenvalue weighted by Crippen LogP contribution is -2.43. The quantitative estimate of drug-likeness (QED) is 0.0620. The van der Waals surface area contributed by atoms with Gasteiger partial charge in [-0.05, 0) is 65.9 Å². The Morgan fingerprint density at radius 3 is 2.39 bits per heavy atom. The van der Waals surface area contributed by atoms with E-state index in [-0.39, 0.29) is 68.6 Å². The van der Waals surface area contributed by atoms with E-state index in [1.807, 2.05) is 0 Å². The Balaban J connectivity index is 1.64. The van der Waals surface area contributed by atoms with Crippen molar-refractivity contribution in [3.63, 3.8) is 0 Å². The number of benzene rings is 2. The molecule has 296 valence electrons. The third-order valence-electron chi connectivity index (χ3n) is 11.7. The molecule has 1 saturated heterocycles. The number of hydrogen-bond donors (Lipinski definition) is 0. The Hall–Kier alpha value is -4.52. The minimum absolute atomic E-state index is 0.00868. The molecule has 1 unspecified atom stereocenters. The molecule has 11 nitrogen and oxygen atoms in total. The molecular formula is C41H49F2N7O4SSi. The monoisotopic (exact) mass is 801 g/mol. The number of aryl methyl sites for hydroxylation is 1. The Labute approximate surface area is 328 Å². The third-order valence-corrected chi connectivity index (χ3v) is 19.5. The second kappa shape index (κ2) is 15.4. The van der Waals surface area contributed by atoms with Crippen LogP contribution in [-0.2, 0) is 21.1 Å². The highest BCUT2D eigenvalue weighted by Crippen LogP contribution is 2.45. The standard InChI is InChI=1S/C41H49F2N7O4SSi/c1-9-55(51,52)41-46-39-35-38(33-22-44-48-50(33)18-15-28-12-10-11-17-49(28)40(35)47-41)45-37(36(39)43)31-21-29(54-23-53-8)20-27-13-14-32(42)30(34(27)31)16-19-56(24(2)3,25(4)5)26(6)7/h13-14,20-22,24-26,28H,9-12,15,17-18,23H2,1-8H3. The number of hydrogen-bond acceptors (Lipinski definition) is 10. The van der Waals surface area contributed by atoms with Crippen LogP contribution < -0.4 is 9.64 Å². The van der Waals surface area contributed by atoms with E-state index in [1.54, 1.807) is 29.1 Å². The molecule has 0 saturated carbocycles. The molecule has 2 aromatic carbocycles. The van der Waals surface area contributed by atoms with Gasteiger partial charge in [0.05, 0.1) is 22.9 Å². The lowest BCUT2D eigenvalue weighted by Gasteiger charge is -2.38. The first kappa shape index (κ1) is 39.7. The molecule has 1 atom stereocenters. The Morgan fingerprint density at radius 1 is 0.946 bits per heavy atom. The predicted octanol–water partition coefficient (Wildman–Crippen LogP) is 8.49. The number of sulfone groups is 1. The number of aromatic nitrogens is 6. The molecule has 56 heavy (non-hydrogen) atoms. The van der Waals surface area contributed by atoms with Crippen molar-refractivity contribution in [2.24, 2.45) is 0 Å². The van der Waals surface area contributed by atoms with Gasteiger partial charge in [-0.1, -0.05) is 65.7 Å². The summed E-state index contributed by atoms with van der Waals surface area (Å²) in [4.78, 5) is 16.3. The van der Waals surface area contributed by atoms with E-state index in [0.29, 0.717) is 47.5 Å². The molecule has 0 amide bonds. The summed E-state index contributed by atoms with van der Waals surface area (Å²) >= 11 is 0. The number of pyridine rings is 1. The van der Waals surface area contributed by atoms with Gasteiger partial charge in [0, 0.05) is 37.2 Å². The number of rotatable bonds is 9. The Morgan fingerprint density at radius 2 is 1.70 bits per heavy atom. The predicted molar refractivity (Wildman–Crippen MR) is 217 cm³/mol. The average molecular weight is 802 g/mol. The van der Waals surface area contributed by atoms with Gasteiger partial charge in [-0.3, -0.25) is 0 Å². The van der Waals surface area contributed by atoms with E-state index in [1.165, 1.54) is 20.1 Å². The molecule has 0 N–H and O–H groups in total. The molecule has 7 rings (SSSR count). The second-order valence-electron chi connectivity index (χ2n) is 15.7. The maximum atomic E-state index is 17.9. The fourth-order valence-electron chi connectivity index (χ4n) is 8.97. The van der Waals surface area contributed by atoms with Crippen molar-refractivity contribution in [1.82, 2.24) is 29.9 Å². The summed E-state index contributed by atoms with van der Waals surface area (Å²) in [5.41, 5.74) is 5.21. The summed E-state index contributed by atoms with van der Waals surface area (Å²) in [5, 5.41) is 9.31. The smallest absolute Gasteiger partial charge is 0.249 e. The molecule has 5 heterocycles. The van der Waals surface area contributed by atoms with Crippen molar-refractivity contribution >= 4 is 45.4 Å². The van der Waals surface area contributed by atoms with Gasteiger partial charge in [-0.25, -0.2) is 36.8 Å². The van der Waals surface area contributed by atoms with Gasteiger partial charge in [-0.2, -0.15) is 0 Å². The highest BCUT2D eigenvalue weighted by Gasteiger charge is 2.42. The highest BCUT2D eigenvalue weighted by atomic mass is 32.2. The van der Waals surface area contributed by atoms with Gasteiger partial charge < -0.3 is 14.4 Å². The van der Waals surface area contributed by atoms with Crippen LogP contribution in [0.2, 0.25) is 16.6 Å². The maximum absolute atomic E-state index is 17.9. The van der Waals surface area contributed by atoms with Crippen molar-refractivity contribution in [1.29, 1.82) is 0 Å². The van der Waals surface area contributed by atoms with Crippen molar-refractivity contribution in [3.05, 3.63) is 47.7 Å². The Bertz CT molecular complexity index is 2480. The number of ether oxygens (including phenoxy) is 2. The maximum Gasteiger partial charge on any atom is 0.249 e. The number of anilines is 1. The molecule has 5 aromatic rings. The largest absolute Gasteiger partial charge is 0.468 e. The summed E-state index contributed by atoms with van der Waals surface area (Å²) in [5.74, 6) is 2.24. The summed E-state index contributed by atoms with van der Waals surface area (Å²) in [7, 11) is -4.85. The molecule has 0 radical (unpaired) electrons. The Kier molecular flexibility index (Phi) is 10.9. The van der Waals surface area contributed by atoms with E-state index >= 15 is 8.78 Å². The molecule has 15 heteroatoms. The van der Waals surface area contributed by atoms with Crippen LogP contribution in [0.3, 0.4) is 0 Å². The van der Waals surface area contributed by atoms with E-state index in [4.69, 9.17) is 14.5 Å². The molecular weight excluding hydrogens is 753 g/mol. The number of fused-ring (bicyclic) bond motifs is 5. The summed E-state index contributed by atoms with van der Waals surface area (Å²) in [6.45, 7) is 15.6. The van der Waals surface area contributed by atoms with Gasteiger partial charge in [-0.15, -0.1) is 10.6 Å². The van der Waals surface area contributed by atoms with Crippen LogP contribution in [0.4, 0.5) is 14.6 Å². The molecule has 0 aliphatic carbocycles. The summed E-state index contributed by atoms with van der Waals surface area (Å²) < 4.78 is 74.2. The fraction of sp³-hybridized carbons (Fsp3) is 0.488. The van der Waals surface area contributed by atoms with E-state index in [2.05, 4.69) is 78.2 Å². The van der Waals surface area contributed by atoms with Crippen LogP contribution in [0, 0.1) is 23.1 Å². The number of piperidine rings is 1. The van der Waals surface area contributed by atoms with Gasteiger partial charge >= 0.3 is 0 Å². The highest BCUT2D eigenvalue weighted by molar-refractivity contribution is 7.91. The third kappa shape index (κ3) is 6.73. The van der Waals surface area contributed by atoms with E-state index in [0.717, 1.165) is 19.3 Å². The van der Waals surface area contributed by atoms with Crippen molar-refractivity contribution < 1.29 is 26.7 Å². The fourth-order valence-corrected chi connectivity index (χ4v) is 14.9. The van der Waals surface area contributed by atoms with Crippen LogP contribution >= 0.6 is 0 Å². The van der Waals surface area contributed by atoms with E-state index < -0.39 is 34.7 Å². The number of methoxy groups -OCH3 is 1. The van der Waals surface area contributed by atoms with Gasteiger partial charge in [0.2, 0.25) is 15.0 Å². The average Bonchev–Trinajstić information content (AvgIpc) is 3.66. The lowest BCUT2D eigenvalue weighted by atomic mass is 9.95. The minimum atomic E-state index is -3.99. The zero-order valence-corrected chi connectivity index (χ0v) is 35.1. The van der Waals surface area contributed by atoms with Crippen molar-refractivity contribution in [2.45, 2.75) is 109 Å². The molecule has 0 spiro atoms. The zero-order chi connectivity index (χ0) is 40.1. The van der Waals surface area contributed by atoms with Crippen LogP contribution in [-0.4, -0.2) is 78.7 Å². The first-order valence-electron chi connectivity index (χ1n) is 19.4. The van der Waals surface area contributed by atoms with Crippen LogP contribution in [0.25, 0.3) is 44.3 Å². The van der Waals surface area contributed by atoms with Crippen molar-refractivity contribution in [2.75, 3.05) is 31.1 Å². The SMILES string of the molecule is CCS(=O)(=O)c1nc2c3c(nc(-c4cc(OCOC)cc5ccc(F)c(C#C[Si](C(C)C)(C(C)C)C(C)C)c45)c(F)c3n1)-c1cnnn1CCC1CCCCN21.